The molecule has 3 rings (SSSR count). The fraction of sp³-hybridized carbons (Fsp3) is 0.600. The fourth-order valence-corrected chi connectivity index (χ4v) is 6.26. The molecule has 0 N–H and O–H groups in total. The molecule has 0 spiro atoms. The van der Waals surface area contributed by atoms with Gasteiger partial charge in [0.15, 0.2) is 9.84 Å². The van der Waals surface area contributed by atoms with E-state index in [1.807, 2.05) is 0 Å². The summed E-state index contributed by atoms with van der Waals surface area (Å²) in [7, 11) is -2.95. The third-order valence-corrected chi connectivity index (χ3v) is 7.01. The summed E-state index contributed by atoms with van der Waals surface area (Å²) in [5, 5.41) is 0. The van der Waals surface area contributed by atoms with Gasteiger partial charge in [0.25, 0.3) is 0 Å². The van der Waals surface area contributed by atoms with E-state index in [-0.39, 0.29) is 12.1 Å². The third-order valence-electron chi connectivity index (χ3n) is 5.31. The Hall–Kier alpha value is -1.17. The minimum absolute atomic E-state index is 0.116. The number of piperazine rings is 1. The van der Waals surface area contributed by atoms with Crippen LogP contribution < -0.4 is 0 Å². The summed E-state index contributed by atoms with van der Waals surface area (Å²) >= 11 is 0. The maximum atomic E-state index is 12.3. The third kappa shape index (κ3) is 4.52. The zero-order valence-corrected chi connectivity index (χ0v) is 16.6. The Morgan fingerprint density at radius 1 is 1.04 bits per heavy atom. The van der Waals surface area contributed by atoms with Crippen molar-refractivity contribution in [2.24, 2.45) is 0 Å². The second-order valence-electron chi connectivity index (χ2n) is 7.95. The van der Waals surface area contributed by atoms with E-state index in [0.717, 1.165) is 26.2 Å². The molecular formula is C20H30N2O2S. The standard InChI is InChI=1S/C20H30N2O2S/c1-15(2)5-6-21-7-8-22(20-14-25(23,24)13-19(20)21)12-18-10-16(3)9-17(4)11-18/h5,9-11,19-20H,6-8,12-14H2,1-4H3/t19-,20+/m1/s1. The van der Waals surface area contributed by atoms with Gasteiger partial charge in [0.2, 0.25) is 0 Å². The summed E-state index contributed by atoms with van der Waals surface area (Å²) in [6, 6.07) is 6.87. The van der Waals surface area contributed by atoms with Crippen molar-refractivity contribution in [2.45, 2.75) is 46.3 Å². The predicted octanol–water partition coefficient (Wildman–Crippen LogP) is 2.55. The number of benzene rings is 1. The van der Waals surface area contributed by atoms with Gasteiger partial charge in [-0.3, -0.25) is 9.80 Å². The molecule has 2 heterocycles. The molecule has 0 radical (unpaired) electrons. The van der Waals surface area contributed by atoms with Crippen molar-refractivity contribution in [3.63, 3.8) is 0 Å². The largest absolute Gasteiger partial charge is 0.293 e. The van der Waals surface area contributed by atoms with E-state index in [4.69, 9.17) is 0 Å². The van der Waals surface area contributed by atoms with Crippen molar-refractivity contribution in [3.05, 3.63) is 46.5 Å². The van der Waals surface area contributed by atoms with Crippen molar-refractivity contribution >= 4 is 9.84 Å². The smallest absolute Gasteiger partial charge is 0.153 e. The first-order chi connectivity index (χ1) is 11.7. The molecule has 2 saturated heterocycles. The molecule has 2 fully saturated rings. The molecular weight excluding hydrogens is 332 g/mol. The van der Waals surface area contributed by atoms with Crippen LogP contribution >= 0.6 is 0 Å². The van der Waals surface area contributed by atoms with Gasteiger partial charge < -0.3 is 0 Å². The zero-order valence-electron chi connectivity index (χ0n) is 15.8. The molecule has 0 amide bonds. The Labute approximate surface area is 152 Å². The number of allylic oxidation sites excluding steroid dienone is 1. The summed E-state index contributed by atoms with van der Waals surface area (Å²) < 4.78 is 24.6. The Morgan fingerprint density at radius 2 is 1.60 bits per heavy atom. The summed E-state index contributed by atoms with van der Waals surface area (Å²) in [5.74, 6) is 0.603. The fourth-order valence-electron chi connectivity index (χ4n) is 4.21. The molecule has 5 heteroatoms. The van der Waals surface area contributed by atoms with Crippen LogP contribution in [0, 0.1) is 13.8 Å². The van der Waals surface area contributed by atoms with Crippen LogP contribution in [0.1, 0.15) is 30.5 Å². The number of rotatable bonds is 4. The molecule has 138 valence electrons. The molecule has 1 aromatic carbocycles. The van der Waals surface area contributed by atoms with Crippen molar-refractivity contribution in [3.8, 4) is 0 Å². The van der Waals surface area contributed by atoms with Gasteiger partial charge >= 0.3 is 0 Å². The van der Waals surface area contributed by atoms with Gasteiger partial charge in [0.05, 0.1) is 11.5 Å². The maximum absolute atomic E-state index is 12.3. The van der Waals surface area contributed by atoms with E-state index < -0.39 is 9.84 Å². The first-order valence-electron chi connectivity index (χ1n) is 9.12. The van der Waals surface area contributed by atoms with E-state index in [1.165, 1.54) is 22.3 Å². The van der Waals surface area contributed by atoms with Crippen molar-refractivity contribution in [1.82, 2.24) is 9.80 Å². The van der Waals surface area contributed by atoms with Gasteiger partial charge in [-0.1, -0.05) is 41.0 Å². The highest BCUT2D eigenvalue weighted by Crippen LogP contribution is 2.28. The first kappa shape index (κ1) is 18.6. The minimum Gasteiger partial charge on any atom is -0.293 e. The van der Waals surface area contributed by atoms with Gasteiger partial charge in [-0.05, 0) is 33.3 Å². The number of sulfone groups is 1. The molecule has 0 aliphatic carbocycles. The van der Waals surface area contributed by atoms with E-state index in [0.29, 0.717) is 11.5 Å². The van der Waals surface area contributed by atoms with Gasteiger partial charge in [0, 0.05) is 38.3 Å². The van der Waals surface area contributed by atoms with Crippen LogP contribution in [-0.4, -0.2) is 61.4 Å². The topological polar surface area (TPSA) is 40.6 Å². The number of hydrogen-bond donors (Lipinski definition) is 0. The van der Waals surface area contributed by atoms with Crippen LogP contribution in [0.15, 0.2) is 29.8 Å². The Kier molecular flexibility index (Phi) is 5.37. The first-order valence-corrected chi connectivity index (χ1v) is 10.9. The lowest BCUT2D eigenvalue weighted by Gasteiger charge is -2.43. The van der Waals surface area contributed by atoms with Gasteiger partial charge in [-0.15, -0.1) is 0 Å². The Bertz CT molecular complexity index is 746. The van der Waals surface area contributed by atoms with Gasteiger partial charge in [-0.2, -0.15) is 0 Å². The molecule has 0 unspecified atom stereocenters. The summed E-state index contributed by atoms with van der Waals surface area (Å²) in [6.07, 6.45) is 2.21. The second-order valence-corrected chi connectivity index (χ2v) is 10.1. The summed E-state index contributed by atoms with van der Waals surface area (Å²) in [6.45, 7) is 12.0. The highest BCUT2D eigenvalue weighted by Gasteiger charge is 2.46. The summed E-state index contributed by atoms with van der Waals surface area (Å²) in [5.41, 5.74) is 5.12. The minimum atomic E-state index is -2.95. The van der Waals surface area contributed by atoms with Crippen LogP contribution in [-0.2, 0) is 16.4 Å². The van der Waals surface area contributed by atoms with E-state index in [1.54, 1.807) is 0 Å². The normalized spacial score (nSPS) is 26.4. The lowest BCUT2D eigenvalue weighted by Crippen LogP contribution is -2.58. The average Bonchev–Trinajstić information content (AvgIpc) is 2.81. The van der Waals surface area contributed by atoms with Crippen molar-refractivity contribution in [2.75, 3.05) is 31.1 Å². The molecule has 0 bridgehead atoms. The van der Waals surface area contributed by atoms with E-state index in [9.17, 15) is 8.42 Å². The lowest BCUT2D eigenvalue weighted by molar-refractivity contribution is 0.0478. The van der Waals surface area contributed by atoms with Crippen molar-refractivity contribution < 1.29 is 8.42 Å². The van der Waals surface area contributed by atoms with Crippen LogP contribution in [0.3, 0.4) is 0 Å². The monoisotopic (exact) mass is 362 g/mol. The molecule has 0 aromatic heterocycles. The number of aryl methyl sites for hydroxylation is 2. The average molecular weight is 363 g/mol. The molecule has 25 heavy (non-hydrogen) atoms. The Morgan fingerprint density at radius 3 is 2.20 bits per heavy atom. The molecule has 2 aliphatic heterocycles. The van der Waals surface area contributed by atoms with Gasteiger partial charge in [0.1, 0.15) is 0 Å². The predicted molar refractivity (Wildman–Crippen MR) is 104 cm³/mol. The molecule has 0 saturated carbocycles. The summed E-state index contributed by atoms with van der Waals surface area (Å²) in [4.78, 5) is 4.75. The lowest BCUT2D eigenvalue weighted by atomic mass is 10.0. The van der Waals surface area contributed by atoms with Crippen molar-refractivity contribution in [1.29, 1.82) is 0 Å². The highest BCUT2D eigenvalue weighted by molar-refractivity contribution is 7.91. The zero-order chi connectivity index (χ0) is 18.2. The van der Waals surface area contributed by atoms with Crippen LogP contribution in [0.5, 0.6) is 0 Å². The number of hydrogen-bond acceptors (Lipinski definition) is 4. The number of nitrogens with zero attached hydrogens (tertiary/aromatic N) is 2. The van der Waals surface area contributed by atoms with E-state index >= 15 is 0 Å². The molecule has 2 atom stereocenters. The Balaban J connectivity index is 1.79. The van der Waals surface area contributed by atoms with Crippen LogP contribution in [0.4, 0.5) is 0 Å². The van der Waals surface area contributed by atoms with Gasteiger partial charge in [-0.25, -0.2) is 8.42 Å². The second kappa shape index (κ2) is 7.22. The SMILES string of the molecule is CC(C)=CCN1CCN(Cc2cc(C)cc(C)c2)[C@H]2CS(=O)(=O)C[C@H]21. The quantitative estimate of drug-likeness (QED) is 0.772. The van der Waals surface area contributed by atoms with E-state index in [2.05, 4.69) is 61.8 Å². The number of fused-ring (bicyclic) bond motifs is 1. The molecule has 1 aromatic rings. The molecule has 2 aliphatic rings. The maximum Gasteiger partial charge on any atom is 0.153 e. The van der Waals surface area contributed by atoms with Crippen LogP contribution in [0.2, 0.25) is 0 Å². The highest BCUT2D eigenvalue weighted by atomic mass is 32.2. The molecule has 4 nitrogen and oxygen atoms in total. The van der Waals surface area contributed by atoms with Crippen LogP contribution in [0.25, 0.3) is 0 Å².